The van der Waals surface area contributed by atoms with Gasteiger partial charge in [0.05, 0.1) is 18.3 Å². The predicted molar refractivity (Wildman–Crippen MR) is 109 cm³/mol. The number of carbonyl (C=O) groups excluding carboxylic acids is 2. The third kappa shape index (κ3) is 5.53. The van der Waals surface area contributed by atoms with E-state index in [0.717, 1.165) is 36.2 Å². The smallest absolute Gasteiger partial charge is 0.328 e. The van der Waals surface area contributed by atoms with E-state index in [1.54, 1.807) is 31.3 Å². The van der Waals surface area contributed by atoms with Crippen LogP contribution in [-0.2, 0) is 20.9 Å². The Bertz CT molecular complexity index is 800. The van der Waals surface area contributed by atoms with E-state index in [9.17, 15) is 9.59 Å². The first kappa shape index (κ1) is 21.9. The van der Waals surface area contributed by atoms with Crippen molar-refractivity contribution < 1.29 is 14.3 Å². The highest BCUT2D eigenvalue weighted by molar-refractivity contribution is 5.84. The normalized spacial score (nSPS) is 12.4. The third-order valence-corrected chi connectivity index (χ3v) is 4.88. The van der Waals surface area contributed by atoms with Crippen LogP contribution >= 0.6 is 0 Å². The maximum absolute atomic E-state index is 12.6. The summed E-state index contributed by atoms with van der Waals surface area (Å²) in [4.78, 5) is 35.0. The van der Waals surface area contributed by atoms with Crippen molar-refractivity contribution in [1.82, 2.24) is 19.4 Å². The number of imidazole rings is 1. The van der Waals surface area contributed by atoms with Crippen molar-refractivity contribution in [3.8, 4) is 0 Å². The van der Waals surface area contributed by atoms with Crippen LogP contribution in [0.3, 0.4) is 0 Å². The Hall–Kier alpha value is -2.44. The van der Waals surface area contributed by atoms with E-state index in [1.807, 2.05) is 26.8 Å². The largest absolute Gasteiger partial charge is 0.464 e. The van der Waals surface area contributed by atoms with E-state index in [4.69, 9.17) is 4.74 Å². The molecule has 0 bridgehead atoms. The van der Waals surface area contributed by atoms with Crippen LogP contribution in [0.2, 0.25) is 0 Å². The van der Waals surface area contributed by atoms with Gasteiger partial charge in [-0.3, -0.25) is 9.78 Å². The molecule has 2 heterocycles. The molecule has 7 heteroatoms. The van der Waals surface area contributed by atoms with Crippen molar-refractivity contribution in [3.63, 3.8) is 0 Å². The molecule has 154 valence electrons. The Balaban J connectivity index is 1.89. The molecule has 0 spiro atoms. The van der Waals surface area contributed by atoms with E-state index in [-0.39, 0.29) is 11.9 Å². The van der Waals surface area contributed by atoms with Gasteiger partial charge in [-0.1, -0.05) is 13.8 Å². The molecule has 1 atom stereocenters. The topological polar surface area (TPSA) is 77.3 Å². The van der Waals surface area contributed by atoms with Gasteiger partial charge in [0.2, 0.25) is 5.91 Å². The summed E-state index contributed by atoms with van der Waals surface area (Å²) in [5.74, 6) is 0.915. The quantitative estimate of drug-likeness (QED) is 0.461. The van der Waals surface area contributed by atoms with Crippen LogP contribution in [0.1, 0.15) is 52.3 Å². The fraction of sp³-hybridized carbons (Fsp3) is 0.619. The maximum Gasteiger partial charge on any atom is 0.328 e. The van der Waals surface area contributed by atoms with E-state index in [1.165, 1.54) is 0 Å². The summed E-state index contributed by atoms with van der Waals surface area (Å²) in [6, 6.07) is 1.45. The average Bonchev–Trinajstić information content (AvgIpc) is 2.97. The molecule has 2 aromatic heterocycles. The van der Waals surface area contributed by atoms with E-state index in [2.05, 4.69) is 14.5 Å². The molecule has 2 aromatic rings. The van der Waals surface area contributed by atoms with Gasteiger partial charge in [-0.2, -0.15) is 0 Å². The van der Waals surface area contributed by atoms with Crippen LogP contribution < -0.4 is 0 Å². The van der Waals surface area contributed by atoms with Gasteiger partial charge < -0.3 is 14.2 Å². The van der Waals surface area contributed by atoms with Crippen LogP contribution in [0.4, 0.5) is 0 Å². The van der Waals surface area contributed by atoms with Crippen LogP contribution in [0.15, 0.2) is 18.5 Å². The van der Waals surface area contributed by atoms with Crippen molar-refractivity contribution in [2.24, 2.45) is 5.92 Å². The second-order valence-electron chi connectivity index (χ2n) is 7.53. The number of aromatic nitrogens is 3. The van der Waals surface area contributed by atoms with Gasteiger partial charge in [0.15, 0.2) is 0 Å². The molecule has 0 saturated heterocycles. The number of unbranched alkanes of at least 4 members (excludes halogenated alkanes) is 1. The number of likely N-dealkylation sites (N-methyl/N-ethyl adjacent to an activating group) is 1. The molecule has 0 fully saturated rings. The zero-order valence-corrected chi connectivity index (χ0v) is 17.6. The molecule has 1 amide bonds. The number of nitrogens with zero attached hydrogens (tertiary/aromatic N) is 4. The molecule has 0 aliphatic carbocycles. The highest BCUT2D eigenvalue weighted by atomic mass is 16.5. The van der Waals surface area contributed by atoms with Crippen LogP contribution in [0.25, 0.3) is 11.0 Å². The van der Waals surface area contributed by atoms with Crippen molar-refractivity contribution in [1.29, 1.82) is 0 Å². The molecule has 0 unspecified atom stereocenters. The lowest BCUT2D eigenvalue weighted by atomic mass is 10.0. The number of aryl methyl sites for hydroxylation is 2. The SMILES string of the molecule is CCOC(=O)[C@H](CC(C)C)N(C)C(=O)CCCCn1c(C)nc2cnccc21. The van der Waals surface area contributed by atoms with Crippen LogP contribution in [-0.4, -0.2) is 51.0 Å². The molecule has 0 aliphatic heterocycles. The van der Waals surface area contributed by atoms with Crippen molar-refractivity contribution in [3.05, 3.63) is 24.3 Å². The Morgan fingerprint density at radius 3 is 2.71 bits per heavy atom. The number of hydrogen-bond donors (Lipinski definition) is 0. The first-order chi connectivity index (χ1) is 13.3. The Morgan fingerprint density at radius 2 is 2.04 bits per heavy atom. The van der Waals surface area contributed by atoms with Crippen LogP contribution in [0.5, 0.6) is 0 Å². The maximum atomic E-state index is 12.6. The minimum Gasteiger partial charge on any atom is -0.464 e. The Morgan fingerprint density at radius 1 is 1.29 bits per heavy atom. The lowest BCUT2D eigenvalue weighted by Crippen LogP contribution is -2.44. The molecular weight excluding hydrogens is 356 g/mol. The molecule has 2 rings (SSSR count). The molecular formula is C21H32N4O3. The van der Waals surface area contributed by atoms with Crippen LogP contribution in [0, 0.1) is 12.8 Å². The number of hydrogen-bond acceptors (Lipinski definition) is 5. The molecule has 0 radical (unpaired) electrons. The van der Waals surface area contributed by atoms with Crippen molar-refractivity contribution in [2.75, 3.05) is 13.7 Å². The number of carbonyl (C=O) groups is 2. The lowest BCUT2D eigenvalue weighted by Gasteiger charge is -2.28. The summed E-state index contributed by atoms with van der Waals surface area (Å²) in [6.45, 7) is 8.97. The summed E-state index contributed by atoms with van der Waals surface area (Å²) in [5, 5.41) is 0. The minimum absolute atomic E-state index is 0.0184. The summed E-state index contributed by atoms with van der Waals surface area (Å²) >= 11 is 0. The summed E-state index contributed by atoms with van der Waals surface area (Å²) in [7, 11) is 1.70. The summed E-state index contributed by atoms with van der Waals surface area (Å²) in [5.41, 5.74) is 1.96. The second kappa shape index (κ2) is 10.2. The zero-order valence-electron chi connectivity index (χ0n) is 17.6. The van der Waals surface area contributed by atoms with E-state index >= 15 is 0 Å². The fourth-order valence-electron chi connectivity index (χ4n) is 3.38. The summed E-state index contributed by atoms with van der Waals surface area (Å²) < 4.78 is 7.31. The molecule has 0 saturated carbocycles. The first-order valence-electron chi connectivity index (χ1n) is 10.0. The van der Waals surface area contributed by atoms with Crippen molar-refractivity contribution >= 4 is 22.9 Å². The highest BCUT2D eigenvalue weighted by Gasteiger charge is 2.28. The predicted octanol–water partition coefficient (Wildman–Crippen LogP) is 3.35. The monoisotopic (exact) mass is 388 g/mol. The van der Waals surface area contributed by atoms with E-state index < -0.39 is 6.04 Å². The number of amides is 1. The highest BCUT2D eigenvalue weighted by Crippen LogP contribution is 2.17. The molecule has 7 nitrogen and oxygen atoms in total. The number of esters is 1. The Kier molecular flexibility index (Phi) is 7.96. The van der Waals surface area contributed by atoms with E-state index in [0.29, 0.717) is 25.4 Å². The molecule has 0 aliphatic rings. The molecule has 0 aromatic carbocycles. The zero-order chi connectivity index (χ0) is 20.7. The first-order valence-corrected chi connectivity index (χ1v) is 10.0. The Labute approximate surface area is 167 Å². The van der Waals surface area contributed by atoms with Gasteiger partial charge in [-0.05, 0) is 45.1 Å². The molecule has 0 N–H and O–H groups in total. The van der Waals surface area contributed by atoms with Crippen molar-refractivity contribution in [2.45, 2.75) is 66.0 Å². The standard InChI is InChI=1S/C21H32N4O3/c1-6-28-21(27)19(13-15(2)3)24(5)20(26)9-7-8-12-25-16(4)23-17-14-22-11-10-18(17)25/h10-11,14-15,19H,6-9,12-13H2,1-5H3/t19-/m0/s1. The lowest BCUT2D eigenvalue weighted by molar-refractivity contribution is -0.154. The average molecular weight is 389 g/mol. The second-order valence-corrected chi connectivity index (χ2v) is 7.53. The van der Waals surface area contributed by atoms with Gasteiger partial charge in [0.25, 0.3) is 0 Å². The van der Waals surface area contributed by atoms with Gasteiger partial charge in [-0.15, -0.1) is 0 Å². The van der Waals surface area contributed by atoms with Gasteiger partial charge in [0, 0.05) is 26.2 Å². The number of fused-ring (bicyclic) bond motifs is 1. The number of rotatable bonds is 10. The third-order valence-electron chi connectivity index (χ3n) is 4.88. The molecule has 28 heavy (non-hydrogen) atoms. The van der Waals surface area contributed by atoms with Gasteiger partial charge in [-0.25, -0.2) is 9.78 Å². The van der Waals surface area contributed by atoms with Gasteiger partial charge in [0.1, 0.15) is 17.4 Å². The van der Waals surface area contributed by atoms with Gasteiger partial charge >= 0.3 is 5.97 Å². The number of ether oxygens (including phenoxy) is 1. The minimum atomic E-state index is -0.514. The number of pyridine rings is 1. The fourth-order valence-corrected chi connectivity index (χ4v) is 3.38. The summed E-state index contributed by atoms with van der Waals surface area (Å²) in [6.07, 6.45) is 6.17.